The molecule has 0 aliphatic carbocycles. The minimum Gasteiger partial charge on any atom is -0.384 e. The van der Waals surface area contributed by atoms with Crippen molar-refractivity contribution in [3.8, 4) is 11.4 Å². The summed E-state index contributed by atoms with van der Waals surface area (Å²) >= 11 is 6.05. The van der Waals surface area contributed by atoms with Crippen LogP contribution in [0.4, 0.5) is 5.69 Å². The minimum atomic E-state index is 0.615. The van der Waals surface area contributed by atoms with Crippen molar-refractivity contribution in [3.05, 3.63) is 23.2 Å². The van der Waals surface area contributed by atoms with Gasteiger partial charge in [0.25, 0.3) is 0 Å². The number of aromatic nitrogens is 4. The fourth-order valence-electron chi connectivity index (χ4n) is 2.02. The molecule has 1 heterocycles. The third kappa shape index (κ3) is 3.67. The molecule has 0 aliphatic rings. The highest BCUT2D eigenvalue weighted by atomic mass is 35.5. The minimum absolute atomic E-state index is 0.615. The number of nitrogens with one attached hydrogen (secondary N) is 2. The van der Waals surface area contributed by atoms with Gasteiger partial charge in [-0.2, -0.15) is 0 Å². The summed E-state index contributed by atoms with van der Waals surface area (Å²) in [6, 6.07) is 5.65. The van der Waals surface area contributed by atoms with Crippen LogP contribution in [0.15, 0.2) is 18.2 Å². The average molecular weight is 280 g/mol. The van der Waals surface area contributed by atoms with E-state index in [0.29, 0.717) is 16.8 Å². The first-order valence-corrected chi connectivity index (χ1v) is 6.86. The number of hydrogen-bond donors (Lipinski definition) is 2. The molecule has 1 unspecified atom stereocenters. The lowest BCUT2D eigenvalue weighted by molar-refractivity contribution is 0.551. The zero-order chi connectivity index (χ0) is 13.7. The predicted octanol–water partition coefficient (Wildman–Crippen LogP) is 3.37. The Morgan fingerprint density at radius 1 is 1.42 bits per heavy atom. The Morgan fingerprint density at radius 2 is 2.26 bits per heavy atom. The zero-order valence-corrected chi connectivity index (χ0v) is 11.9. The molecule has 19 heavy (non-hydrogen) atoms. The predicted molar refractivity (Wildman–Crippen MR) is 77.2 cm³/mol. The lowest BCUT2D eigenvalue weighted by Crippen LogP contribution is -2.11. The zero-order valence-electron chi connectivity index (χ0n) is 11.2. The molecule has 0 aliphatic heterocycles. The molecule has 1 aromatic heterocycles. The molecule has 2 N–H and O–H groups in total. The highest BCUT2D eigenvalue weighted by molar-refractivity contribution is 6.31. The number of benzene rings is 1. The van der Waals surface area contributed by atoms with Gasteiger partial charge in [0, 0.05) is 22.8 Å². The first-order valence-electron chi connectivity index (χ1n) is 6.48. The Bertz CT molecular complexity index is 512. The maximum absolute atomic E-state index is 6.05. The molecule has 0 spiro atoms. The normalized spacial score (nSPS) is 12.4. The van der Waals surface area contributed by atoms with Crippen LogP contribution >= 0.6 is 11.6 Å². The van der Waals surface area contributed by atoms with Gasteiger partial charge in [0.1, 0.15) is 0 Å². The van der Waals surface area contributed by atoms with Crippen LogP contribution in [-0.4, -0.2) is 27.2 Å². The Kier molecular flexibility index (Phi) is 4.74. The Labute approximate surface area is 117 Å². The van der Waals surface area contributed by atoms with Gasteiger partial charge < -0.3 is 5.32 Å². The maximum Gasteiger partial charge on any atom is 0.181 e. The lowest BCUT2D eigenvalue weighted by atomic mass is 10.1. The summed E-state index contributed by atoms with van der Waals surface area (Å²) in [6.45, 7) is 5.33. The highest BCUT2D eigenvalue weighted by Gasteiger charge is 2.10. The van der Waals surface area contributed by atoms with E-state index in [9.17, 15) is 0 Å². The number of halogens is 1. The average Bonchev–Trinajstić information content (AvgIpc) is 2.90. The standard InChI is InChI=1S/C13H18ClN5/c1-3-4-9(2)8-15-12-7-10(14)5-6-11(12)13-16-18-19-17-13/h5-7,9,15H,3-4,8H2,1-2H3,(H,16,17,18,19). The van der Waals surface area contributed by atoms with Crippen molar-refractivity contribution in [2.24, 2.45) is 5.92 Å². The summed E-state index contributed by atoms with van der Waals surface area (Å²) in [5.74, 6) is 1.26. The highest BCUT2D eigenvalue weighted by Crippen LogP contribution is 2.28. The molecule has 2 aromatic rings. The quantitative estimate of drug-likeness (QED) is 0.851. The van der Waals surface area contributed by atoms with Gasteiger partial charge in [0.2, 0.25) is 0 Å². The second-order valence-corrected chi connectivity index (χ2v) is 5.15. The van der Waals surface area contributed by atoms with Gasteiger partial charge in [-0.1, -0.05) is 31.9 Å². The van der Waals surface area contributed by atoms with E-state index in [1.165, 1.54) is 12.8 Å². The fourth-order valence-corrected chi connectivity index (χ4v) is 2.19. The van der Waals surface area contributed by atoms with Crippen molar-refractivity contribution in [3.63, 3.8) is 0 Å². The second-order valence-electron chi connectivity index (χ2n) is 4.71. The molecular formula is C13H18ClN5. The summed E-state index contributed by atoms with van der Waals surface area (Å²) in [5, 5.41) is 18.0. The number of H-pyrrole nitrogens is 1. The van der Waals surface area contributed by atoms with Crippen molar-refractivity contribution in [1.82, 2.24) is 20.6 Å². The van der Waals surface area contributed by atoms with Crippen molar-refractivity contribution >= 4 is 17.3 Å². The van der Waals surface area contributed by atoms with E-state index in [-0.39, 0.29) is 0 Å². The smallest absolute Gasteiger partial charge is 0.181 e. The number of nitrogens with zero attached hydrogens (tertiary/aromatic N) is 3. The van der Waals surface area contributed by atoms with Crippen molar-refractivity contribution in [1.29, 1.82) is 0 Å². The third-order valence-electron chi connectivity index (χ3n) is 3.00. The van der Waals surface area contributed by atoms with Gasteiger partial charge in [-0.3, -0.25) is 0 Å². The van der Waals surface area contributed by atoms with Crippen LogP contribution in [-0.2, 0) is 0 Å². The Morgan fingerprint density at radius 3 is 2.95 bits per heavy atom. The van der Waals surface area contributed by atoms with Crippen LogP contribution in [0.5, 0.6) is 0 Å². The van der Waals surface area contributed by atoms with Gasteiger partial charge in [-0.25, -0.2) is 5.10 Å². The van der Waals surface area contributed by atoms with E-state index in [4.69, 9.17) is 11.6 Å². The number of hydrogen-bond acceptors (Lipinski definition) is 4. The first-order chi connectivity index (χ1) is 9.20. The molecule has 0 radical (unpaired) electrons. The monoisotopic (exact) mass is 279 g/mol. The van der Waals surface area contributed by atoms with Crippen LogP contribution in [0.25, 0.3) is 11.4 Å². The molecule has 0 saturated heterocycles. The van der Waals surface area contributed by atoms with E-state index in [0.717, 1.165) is 17.8 Å². The topological polar surface area (TPSA) is 66.5 Å². The number of aromatic amines is 1. The number of tetrazole rings is 1. The maximum atomic E-state index is 6.05. The van der Waals surface area contributed by atoms with Gasteiger partial charge in [-0.15, -0.1) is 5.10 Å². The lowest BCUT2D eigenvalue weighted by Gasteiger charge is -2.15. The summed E-state index contributed by atoms with van der Waals surface area (Å²) in [4.78, 5) is 0. The molecule has 1 aromatic carbocycles. The van der Waals surface area contributed by atoms with E-state index in [1.807, 2.05) is 18.2 Å². The summed E-state index contributed by atoms with van der Waals surface area (Å²) in [7, 11) is 0. The molecule has 1 atom stereocenters. The molecule has 0 fully saturated rings. The molecular weight excluding hydrogens is 262 g/mol. The van der Waals surface area contributed by atoms with Crippen molar-refractivity contribution in [2.45, 2.75) is 26.7 Å². The van der Waals surface area contributed by atoms with Gasteiger partial charge in [0.15, 0.2) is 5.82 Å². The number of anilines is 1. The molecule has 6 heteroatoms. The molecule has 0 bridgehead atoms. The summed E-state index contributed by atoms with van der Waals surface area (Å²) < 4.78 is 0. The largest absolute Gasteiger partial charge is 0.384 e. The summed E-state index contributed by atoms with van der Waals surface area (Å²) in [6.07, 6.45) is 2.39. The molecule has 2 rings (SSSR count). The van der Waals surface area contributed by atoms with E-state index in [2.05, 4.69) is 39.8 Å². The van der Waals surface area contributed by atoms with E-state index >= 15 is 0 Å². The van der Waals surface area contributed by atoms with Crippen LogP contribution in [0, 0.1) is 5.92 Å². The van der Waals surface area contributed by atoms with Crippen LogP contribution < -0.4 is 5.32 Å². The second kappa shape index (κ2) is 6.52. The molecule has 5 nitrogen and oxygen atoms in total. The van der Waals surface area contributed by atoms with Crippen molar-refractivity contribution in [2.75, 3.05) is 11.9 Å². The number of rotatable bonds is 6. The third-order valence-corrected chi connectivity index (χ3v) is 3.24. The molecule has 0 amide bonds. The summed E-state index contributed by atoms with van der Waals surface area (Å²) in [5.41, 5.74) is 1.88. The van der Waals surface area contributed by atoms with Gasteiger partial charge in [0.05, 0.1) is 0 Å². The fraction of sp³-hybridized carbons (Fsp3) is 0.462. The first kappa shape index (κ1) is 13.8. The van der Waals surface area contributed by atoms with E-state index in [1.54, 1.807) is 0 Å². The van der Waals surface area contributed by atoms with Crippen molar-refractivity contribution < 1.29 is 0 Å². The van der Waals surface area contributed by atoms with Gasteiger partial charge >= 0.3 is 0 Å². The van der Waals surface area contributed by atoms with Crippen LogP contribution in [0.3, 0.4) is 0 Å². The molecule has 102 valence electrons. The van der Waals surface area contributed by atoms with Crippen LogP contribution in [0.1, 0.15) is 26.7 Å². The van der Waals surface area contributed by atoms with Gasteiger partial charge in [-0.05, 0) is 41.0 Å². The van der Waals surface area contributed by atoms with E-state index < -0.39 is 0 Å². The Hall–Kier alpha value is -1.62. The Balaban J connectivity index is 2.16. The van der Waals surface area contributed by atoms with Crippen LogP contribution in [0.2, 0.25) is 5.02 Å². The SMILES string of the molecule is CCCC(C)CNc1cc(Cl)ccc1-c1nnn[nH]1. The molecule has 0 saturated carbocycles.